The van der Waals surface area contributed by atoms with E-state index in [1.807, 2.05) is 42.5 Å². The zero-order valence-corrected chi connectivity index (χ0v) is 20.7. The van der Waals surface area contributed by atoms with Gasteiger partial charge in [-0.15, -0.1) is 0 Å². The molecule has 0 N–H and O–H groups in total. The zero-order valence-electron chi connectivity index (χ0n) is 20.7. The molecular weight excluding hydrogens is 448 g/mol. The maximum Gasteiger partial charge on any atom is 0.313 e. The largest absolute Gasteiger partial charge is 0.461 e. The molecule has 2 aliphatic carbocycles. The topological polar surface area (TPSA) is 88.1 Å². The molecule has 2 aliphatic rings. The third-order valence-corrected chi connectivity index (χ3v) is 6.84. The summed E-state index contributed by atoms with van der Waals surface area (Å²) in [6, 6.07) is 9.45. The Balaban J connectivity index is 1.75. The first-order valence-corrected chi connectivity index (χ1v) is 12.3. The van der Waals surface area contributed by atoms with Gasteiger partial charge < -0.3 is 18.9 Å². The number of allylic oxidation sites excluding steroid dienone is 2. The van der Waals surface area contributed by atoms with E-state index in [-0.39, 0.29) is 25.4 Å². The fraction of sp³-hybridized carbons (Fsp3) is 0.536. The summed E-state index contributed by atoms with van der Waals surface area (Å²) in [5, 5.41) is 0. The molecule has 1 saturated carbocycles. The third-order valence-electron chi connectivity index (χ3n) is 6.84. The highest BCUT2D eigenvalue weighted by Gasteiger charge is 2.49. The molecule has 35 heavy (non-hydrogen) atoms. The summed E-state index contributed by atoms with van der Waals surface area (Å²) in [7, 11) is 1.58. The van der Waals surface area contributed by atoms with E-state index in [0.717, 1.165) is 18.4 Å². The van der Waals surface area contributed by atoms with Gasteiger partial charge in [-0.1, -0.05) is 61.4 Å². The molecule has 3 rings (SSSR count). The average molecular weight is 485 g/mol. The van der Waals surface area contributed by atoms with Crippen molar-refractivity contribution in [3.05, 3.63) is 60.2 Å². The van der Waals surface area contributed by atoms with Gasteiger partial charge in [-0.05, 0) is 37.8 Å². The highest BCUT2D eigenvalue weighted by Crippen LogP contribution is 2.46. The van der Waals surface area contributed by atoms with Crippen LogP contribution in [0.1, 0.15) is 51.0 Å². The van der Waals surface area contributed by atoms with Crippen molar-refractivity contribution >= 4 is 17.7 Å². The van der Waals surface area contributed by atoms with E-state index in [1.54, 1.807) is 19.3 Å². The third kappa shape index (κ3) is 7.12. The van der Waals surface area contributed by atoms with Gasteiger partial charge in [-0.25, -0.2) is 0 Å². The lowest BCUT2D eigenvalue weighted by Gasteiger charge is -2.35. The Morgan fingerprint density at radius 1 is 1.03 bits per heavy atom. The number of rotatable bonds is 13. The van der Waals surface area contributed by atoms with Crippen molar-refractivity contribution in [2.24, 2.45) is 11.3 Å². The number of hydrogen-bond acceptors (Lipinski definition) is 7. The lowest BCUT2D eigenvalue weighted by atomic mass is 9.77. The molecule has 0 heterocycles. The minimum absolute atomic E-state index is 0.118. The Labute approximate surface area is 207 Å². The highest BCUT2D eigenvalue weighted by atomic mass is 16.6. The molecule has 7 nitrogen and oxygen atoms in total. The molecule has 2 atom stereocenters. The number of esters is 2. The summed E-state index contributed by atoms with van der Waals surface area (Å²) in [5.74, 6) is -1.70. The average Bonchev–Trinajstić information content (AvgIpc) is 3.35. The second kappa shape index (κ2) is 12.8. The number of Topliss-reactive ketones (excluding diaryl/α,β-unsaturated/α-hetero) is 1. The molecule has 0 aliphatic heterocycles. The van der Waals surface area contributed by atoms with Gasteiger partial charge in [0, 0.05) is 13.5 Å². The number of benzene rings is 1. The molecule has 190 valence electrons. The molecular formula is C28H36O7. The number of carbonyl (C=O) groups excluding carboxylic acids is 3. The molecule has 0 radical (unpaired) electrons. The van der Waals surface area contributed by atoms with Crippen LogP contribution in [-0.2, 0) is 39.9 Å². The van der Waals surface area contributed by atoms with E-state index in [1.165, 1.54) is 6.92 Å². The maximum absolute atomic E-state index is 13.6. The summed E-state index contributed by atoms with van der Waals surface area (Å²) in [5.41, 5.74) is -1.27. The predicted octanol–water partition coefficient (Wildman–Crippen LogP) is 4.35. The van der Waals surface area contributed by atoms with Crippen LogP contribution in [0.5, 0.6) is 0 Å². The molecule has 0 bridgehead atoms. The Morgan fingerprint density at radius 2 is 1.77 bits per heavy atom. The van der Waals surface area contributed by atoms with E-state index in [0.29, 0.717) is 32.5 Å². The van der Waals surface area contributed by atoms with Crippen molar-refractivity contribution in [2.45, 2.75) is 57.7 Å². The second-order valence-corrected chi connectivity index (χ2v) is 9.38. The minimum atomic E-state index is -1.29. The van der Waals surface area contributed by atoms with E-state index in [4.69, 9.17) is 18.9 Å². The van der Waals surface area contributed by atoms with E-state index in [9.17, 15) is 14.4 Å². The monoisotopic (exact) mass is 484 g/mol. The molecule has 1 aromatic rings. The Kier molecular flexibility index (Phi) is 9.81. The van der Waals surface area contributed by atoms with Gasteiger partial charge >= 0.3 is 11.9 Å². The molecule has 7 heteroatoms. The van der Waals surface area contributed by atoms with Crippen molar-refractivity contribution < 1.29 is 33.3 Å². The normalized spacial score (nSPS) is 21.4. The fourth-order valence-corrected chi connectivity index (χ4v) is 4.72. The molecule has 0 aromatic heterocycles. The SMILES string of the molecule is COCCOCC(CC1(C(=O)OC2(C(C)=O)C=CC=CC2)CCCC1)C(=O)OCc1ccccc1. The first kappa shape index (κ1) is 26.8. The van der Waals surface area contributed by atoms with Crippen LogP contribution >= 0.6 is 0 Å². The highest BCUT2D eigenvalue weighted by molar-refractivity contribution is 5.91. The lowest BCUT2D eigenvalue weighted by molar-refractivity contribution is -0.174. The van der Waals surface area contributed by atoms with Gasteiger partial charge in [0.1, 0.15) is 6.61 Å². The molecule has 1 aromatic carbocycles. The van der Waals surface area contributed by atoms with Crippen molar-refractivity contribution in [2.75, 3.05) is 26.9 Å². The van der Waals surface area contributed by atoms with Gasteiger partial charge in [-0.3, -0.25) is 14.4 Å². The summed E-state index contributed by atoms with van der Waals surface area (Å²) in [4.78, 5) is 39.2. The molecule has 0 amide bonds. The summed E-state index contributed by atoms with van der Waals surface area (Å²) in [6.45, 7) is 2.44. The van der Waals surface area contributed by atoms with Crippen LogP contribution in [0.25, 0.3) is 0 Å². The summed E-state index contributed by atoms with van der Waals surface area (Å²) in [6.07, 6.45) is 10.5. The second-order valence-electron chi connectivity index (χ2n) is 9.38. The molecule has 0 saturated heterocycles. The number of ketones is 1. The Hall–Kier alpha value is -2.77. The van der Waals surface area contributed by atoms with Crippen LogP contribution in [0.15, 0.2) is 54.6 Å². The molecule has 0 spiro atoms. The summed E-state index contributed by atoms with van der Waals surface area (Å²) < 4.78 is 22.3. The Morgan fingerprint density at radius 3 is 2.40 bits per heavy atom. The van der Waals surface area contributed by atoms with Crippen molar-refractivity contribution in [1.82, 2.24) is 0 Å². The van der Waals surface area contributed by atoms with E-state index >= 15 is 0 Å². The number of carbonyl (C=O) groups is 3. The van der Waals surface area contributed by atoms with Crippen LogP contribution in [0, 0.1) is 11.3 Å². The van der Waals surface area contributed by atoms with Crippen LogP contribution in [0.4, 0.5) is 0 Å². The Bertz CT molecular complexity index is 914. The van der Waals surface area contributed by atoms with Crippen molar-refractivity contribution in [3.63, 3.8) is 0 Å². The molecule has 2 unspecified atom stereocenters. The predicted molar refractivity (Wildman–Crippen MR) is 130 cm³/mol. The quantitative estimate of drug-likeness (QED) is 0.304. The number of methoxy groups -OCH3 is 1. The first-order chi connectivity index (χ1) is 16.9. The van der Waals surface area contributed by atoms with E-state index in [2.05, 4.69) is 0 Å². The number of hydrogen-bond donors (Lipinski definition) is 0. The lowest BCUT2D eigenvalue weighted by Crippen LogP contribution is -2.46. The zero-order chi connectivity index (χ0) is 25.2. The van der Waals surface area contributed by atoms with Gasteiger partial charge in [0.25, 0.3) is 0 Å². The van der Waals surface area contributed by atoms with Crippen molar-refractivity contribution in [3.8, 4) is 0 Å². The van der Waals surface area contributed by atoms with Gasteiger partial charge in [0.2, 0.25) is 0 Å². The van der Waals surface area contributed by atoms with Crippen LogP contribution in [-0.4, -0.2) is 50.3 Å². The van der Waals surface area contributed by atoms with Crippen LogP contribution < -0.4 is 0 Å². The van der Waals surface area contributed by atoms with Crippen molar-refractivity contribution in [1.29, 1.82) is 0 Å². The fourth-order valence-electron chi connectivity index (χ4n) is 4.72. The molecule has 1 fully saturated rings. The van der Waals surface area contributed by atoms with Gasteiger partial charge in [-0.2, -0.15) is 0 Å². The maximum atomic E-state index is 13.6. The van der Waals surface area contributed by atoms with Gasteiger partial charge in [0.05, 0.1) is 31.2 Å². The minimum Gasteiger partial charge on any atom is -0.461 e. The standard InChI is InChI=1S/C28H36O7/c1-22(29)28(15-7-4-8-16-28)35-26(31)27(13-9-10-14-27)19-24(21-33-18-17-32-2)25(30)34-20-23-11-5-3-6-12-23/h3-8,11-12,15,24H,9-10,13-14,16-21H2,1-2H3. The van der Waals surface area contributed by atoms with E-state index < -0.39 is 28.9 Å². The first-order valence-electron chi connectivity index (χ1n) is 12.3. The van der Waals surface area contributed by atoms with Crippen LogP contribution in [0.3, 0.4) is 0 Å². The summed E-state index contributed by atoms with van der Waals surface area (Å²) >= 11 is 0. The smallest absolute Gasteiger partial charge is 0.313 e. The van der Waals surface area contributed by atoms with Gasteiger partial charge in [0.15, 0.2) is 11.4 Å². The number of ether oxygens (including phenoxy) is 4. The van der Waals surface area contributed by atoms with Crippen LogP contribution in [0.2, 0.25) is 0 Å².